The smallest absolute Gasteiger partial charge is 0.340 e. The Morgan fingerprint density at radius 3 is 2.64 bits per heavy atom. The Labute approximate surface area is 187 Å². The second kappa shape index (κ2) is 7.67. The Bertz CT molecular complexity index is 1120. The molecular weight excluding hydrogens is 440 g/mol. The van der Waals surface area contributed by atoms with Crippen molar-refractivity contribution in [1.29, 1.82) is 0 Å². The van der Waals surface area contributed by atoms with Crippen molar-refractivity contribution < 1.29 is 31.8 Å². The molecule has 4 aliphatic rings. The molecule has 1 atom stereocenters. The third-order valence-electron chi connectivity index (χ3n) is 6.53. The molecule has 2 aliphatic carbocycles. The summed E-state index contributed by atoms with van der Waals surface area (Å²) in [6, 6.07) is 5.76. The lowest BCUT2D eigenvalue weighted by molar-refractivity contribution is -0.156. The number of alkyl halides is 4. The molecule has 2 aliphatic heterocycles. The molecule has 1 aromatic rings. The van der Waals surface area contributed by atoms with Crippen molar-refractivity contribution in [2.45, 2.75) is 30.7 Å². The number of allylic oxidation sites excluding steroid dienone is 7. The largest absolute Gasteiger partial charge is 0.493 e. The quantitative estimate of drug-likeness (QED) is 0.644. The molecule has 2 N–H and O–H groups in total. The number of nitrogens with zero attached hydrogens (tertiary/aromatic N) is 1. The lowest BCUT2D eigenvalue weighted by atomic mass is 9.74. The van der Waals surface area contributed by atoms with Crippen molar-refractivity contribution in [3.05, 3.63) is 71.5 Å². The maximum absolute atomic E-state index is 13.4. The molecule has 1 saturated carbocycles. The molecule has 0 saturated heterocycles. The van der Waals surface area contributed by atoms with Crippen LogP contribution in [0.1, 0.15) is 24.0 Å². The number of benzene rings is 1. The van der Waals surface area contributed by atoms with Gasteiger partial charge in [-0.2, -0.15) is 8.78 Å². The van der Waals surface area contributed by atoms with E-state index < -0.39 is 24.5 Å². The summed E-state index contributed by atoms with van der Waals surface area (Å²) in [6.07, 6.45) is 7.92. The second-order valence-corrected chi connectivity index (χ2v) is 8.64. The first kappa shape index (κ1) is 21.6. The zero-order chi connectivity index (χ0) is 23.3. The topological polar surface area (TPSA) is 66.1 Å². The zero-order valence-electron chi connectivity index (χ0n) is 17.6. The monoisotopic (exact) mass is 462 g/mol. The molecule has 2 heterocycles. The van der Waals surface area contributed by atoms with Crippen LogP contribution in [0.4, 0.5) is 17.6 Å². The number of aliphatic imine (C=N–C) groups is 1. The van der Waals surface area contributed by atoms with Gasteiger partial charge in [0.2, 0.25) is 0 Å². The Morgan fingerprint density at radius 1 is 1.12 bits per heavy atom. The number of rotatable bonds is 5. The molecule has 9 heteroatoms. The van der Waals surface area contributed by atoms with E-state index in [4.69, 9.17) is 24.9 Å². The highest BCUT2D eigenvalue weighted by molar-refractivity contribution is 5.79. The highest BCUT2D eigenvalue weighted by Crippen LogP contribution is 2.65. The number of amidine groups is 1. The van der Waals surface area contributed by atoms with E-state index in [1.54, 1.807) is 24.3 Å². The number of hydrogen-bond donors (Lipinski definition) is 1. The van der Waals surface area contributed by atoms with Gasteiger partial charge in [-0.05, 0) is 48.3 Å². The van der Waals surface area contributed by atoms with E-state index in [-0.39, 0.29) is 17.2 Å². The number of halogens is 4. The fourth-order valence-electron chi connectivity index (χ4n) is 4.46. The van der Waals surface area contributed by atoms with E-state index in [0.717, 1.165) is 24.0 Å². The summed E-state index contributed by atoms with van der Waals surface area (Å²) in [5.41, 5.74) is 7.35. The summed E-state index contributed by atoms with van der Waals surface area (Å²) >= 11 is 0. The summed E-state index contributed by atoms with van der Waals surface area (Å²) in [6.45, 7) is -0.563. The van der Waals surface area contributed by atoms with Crippen LogP contribution >= 0.6 is 0 Å². The Morgan fingerprint density at radius 2 is 1.94 bits per heavy atom. The first-order valence-corrected chi connectivity index (χ1v) is 10.6. The van der Waals surface area contributed by atoms with E-state index in [9.17, 15) is 17.6 Å². The van der Waals surface area contributed by atoms with Crippen molar-refractivity contribution in [1.82, 2.24) is 0 Å². The fraction of sp³-hybridized carbons (Fsp3) is 0.375. The molecule has 1 unspecified atom stereocenters. The summed E-state index contributed by atoms with van der Waals surface area (Å²) in [5, 5.41) is 0. The van der Waals surface area contributed by atoms with Crippen molar-refractivity contribution in [2.75, 3.05) is 19.8 Å². The van der Waals surface area contributed by atoms with E-state index in [1.807, 2.05) is 18.2 Å². The van der Waals surface area contributed by atoms with Crippen molar-refractivity contribution in [2.24, 2.45) is 16.1 Å². The van der Waals surface area contributed by atoms with Crippen molar-refractivity contribution in [3.63, 3.8) is 0 Å². The van der Waals surface area contributed by atoms with Crippen LogP contribution in [0, 0.1) is 5.41 Å². The third kappa shape index (κ3) is 3.69. The Kier molecular flexibility index (Phi) is 5.02. The molecule has 0 bridgehead atoms. The normalized spacial score (nSPS) is 26.9. The summed E-state index contributed by atoms with van der Waals surface area (Å²) in [4.78, 5) is 4.70. The third-order valence-corrected chi connectivity index (χ3v) is 6.53. The molecule has 2 spiro atoms. The van der Waals surface area contributed by atoms with Gasteiger partial charge in [-0.3, -0.25) is 0 Å². The summed E-state index contributed by atoms with van der Waals surface area (Å²) in [5.74, 6) is -3.51. The van der Waals surface area contributed by atoms with E-state index in [2.05, 4.69) is 0 Å². The molecule has 1 fully saturated rings. The van der Waals surface area contributed by atoms with Gasteiger partial charge in [-0.25, -0.2) is 13.8 Å². The molecule has 0 aromatic heterocycles. The molecule has 5 rings (SSSR count). The van der Waals surface area contributed by atoms with Gasteiger partial charge in [0.1, 0.15) is 23.7 Å². The Balaban J connectivity index is 1.50. The van der Waals surface area contributed by atoms with Gasteiger partial charge in [0.15, 0.2) is 6.61 Å². The standard InChI is InChI=1S/C24H22F4N2O3/c25-20(26)24(27,28)14-31-17-5-3-1-2-4-15(10-17)16-6-7-19-18(11-16)23(13-33-21(29)30-23)22(8-9-22)12-32-19/h1-7,10-11,20H,8-9,12-14H2,(H2,29,30)/b2-1+,3-1?,4-2?,5-3+,15-4?,15-10?,17-5?,17-10?. The van der Waals surface area contributed by atoms with Crippen LogP contribution in [-0.2, 0) is 15.0 Å². The highest BCUT2D eigenvalue weighted by atomic mass is 19.3. The van der Waals surface area contributed by atoms with Crippen LogP contribution in [0.3, 0.4) is 0 Å². The van der Waals surface area contributed by atoms with Gasteiger partial charge in [0.05, 0.1) is 6.61 Å². The van der Waals surface area contributed by atoms with Crippen LogP contribution in [0.5, 0.6) is 5.75 Å². The van der Waals surface area contributed by atoms with Crippen LogP contribution in [0.15, 0.2) is 65.4 Å². The zero-order valence-corrected chi connectivity index (χ0v) is 17.6. The number of fused-ring (bicyclic) bond motifs is 3. The molecule has 0 amide bonds. The highest BCUT2D eigenvalue weighted by Gasteiger charge is 2.66. The van der Waals surface area contributed by atoms with Crippen LogP contribution in [0.2, 0.25) is 0 Å². The lowest BCUT2D eigenvalue weighted by Crippen LogP contribution is -2.44. The van der Waals surface area contributed by atoms with Gasteiger partial charge in [0, 0.05) is 11.0 Å². The van der Waals surface area contributed by atoms with E-state index in [0.29, 0.717) is 24.5 Å². The maximum Gasteiger partial charge on any atom is 0.340 e. The van der Waals surface area contributed by atoms with E-state index in [1.165, 1.54) is 12.2 Å². The number of ether oxygens (including phenoxy) is 3. The number of hydrogen-bond acceptors (Lipinski definition) is 5. The van der Waals surface area contributed by atoms with Gasteiger partial charge in [0.25, 0.3) is 6.02 Å². The van der Waals surface area contributed by atoms with Crippen molar-refractivity contribution >= 4 is 11.6 Å². The van der Waals surface area contributed by atoms with Crippen molar-refractivity contribution in [3.8, 4) is 5.75 Å². The van der Waals surface area contributed by atoms with Crippen LogP contribution < -0.4 is 10.5 Å². The van der Waals surface area contributed by atoms with E-state index >= 15 is 0 Å². The molecule has 174 valence electrons. The molecule has 5 nitrogen and oxygen atoms in total. The van der Waals surface area contributed by atoms with Gasteiger partial charge in [-0.1, -0.05) is 30.4 Å². The van der Waals surface area contributed by atoms with Gasteiger partial charge in [-0.15, -0.1) is 0 Å². The van der Waals surface area contributed by atoms with Crippen LogP contribution in [0.25, 0.3) is 5.57 Å². The fourth-order valence-corrected chi connectivity index (χ4v) is 4.46. The lowest BCUT2D eigenvalue weighted by Gasteiger charge is -2.39. The average molecular weight is 462 g/mol. The predicted octanol–water partition coefficient (Wildman–Crippen LogP) is 4.71. The molecule has 0 radical (unpaired) electrons. The van der Waals surface area contributed by atoms with Crippen LogP contribution in [-0.4, -0.2) is 38.2 Å². The molecule has 33 heavy (non-hydrogen) atoms. The average Bonchev–Trinajstić information content (AvgIpc) is 3.45. The first-order chi connectivity index (χ1) is 15.7. The number of nitrogens with two attached hydrogens (primary N) is 1. The minimum atomic E-state index is -4.24. The first-order valence-electron chi connectivity index (χ1n) is 10.6. The van der Waals surface area contributed by atoms with Gasteiger partial charge >= 0.3 is 12.3 Å². The van der Waals surface area contributed by atoms with Gasteiger partial charge < -0.3 is 19.9 Å². The minimum absolute atomic E-state index is 0.0414. The second-order valence-electron chi connectivity index (χ2n) is 8.64. The summed E-state index contributed by atoms with van der Waals surface area (Å²) in [7, 11) is 0. The SMILES string of the molecule is NC1=NC2(CO1)c1cc(C3=C/C=C/C=C/C(OCC(F)(F)C(F)F)=C3)ccc1OCC21CC1. The molecular formula is C24H22F4N2O3. The maximum atomic E-state index is 13.4. The minimum Gasteiger partial charge on any atom is -0.493 e. The molecule has 1 aromatic carbocycles. The summed E-state index contributed by atoms with van der Waals surface area (Å²) < 4.78 is 68.4. The predicted molar refractivity (Wildman–Crippen MR) is 114 cm³/mol. The Hall–Kier alpha value is -3.23.